The van der Waals surface area contributed by atoms with Gasteiger partial charge in [-0.25, -0.2) is 9.97 Å². The first-order valence-corrected chi connectivity index (χ1v) is 22.5. The Bertz CT molecular complexity index is 3870. The molecular weight excluding hydrogens is 891 g/mol. The molecule has 0 spiro atoms. The highest BCUT2D eigenvalue weighted by molar-refractivity contribution is 6.12. The lowest BCUT2D eigenvalue weighted by atomic mass is 9.95. The van der Waals surface area contributed by atoms with Crippen molar-refractivity contribution in [3.05, 3.63) is 230 Å². The lowest BCUT2D eigenvalue weighted by Gasteiger charge is -2.20. The van der Waals surface area contributed by atoms with Gasteiger partial charge in [0.2, 0.25) is 0 Å². The minimum absolute atomic E-state index is 0.127. The van der Waals surface area contributed by atoms with E-state index >= 15 is 0 Å². The maximum atomic E-state index is 14.6. The van der Waals surface area contributed by atoms with Gasteiger partial charge >= 0.3 is 12.4 Å². The van der Waals surface area contributed by atoms with Crippen molar-refractivity contribution < 1.29 is 26.3 Å². The van der Waals surface area contributed by atoms with Crippen molar-refractivity contribution in [2.45, 2.75) is 12.4 Å². The van der Waals surface area contributed by atoms with Gasteiger partial charge in [0, 0.05) is 49.4 Å². The first kappa shape index (κ1) is 42.6. The lowest BCUT2D eigenvalue weighted by molar-refractivity contribution is -0.142. The van der Waals surface area contributed by atoms with Crippen LogP contribution in [0.5, 0.6) is 0 Å². The SMILES string of the molecule is FC(F)(F)c1ccc(-c2ccc3c(c2)c2ccccc2n3-c2cc(-c3nc(-c4ccccc4)cc(-c4ccccc4)n3)ccc2-c2ccccc2-n2c3ccccc3c3ccccc32)c(C(F)(F)F)c1. The second-order valence-corrected chi connectivity index (χ2v) is 17.2. The van der Waals surface area contributed by atoms with E-state index in [9.17, 15) is 26.3 Å². The summed E-state index contributed by atoms with van der Waals surface area (Å²) in [6.07, 6.45) is -10.0. The zero-order valence-corrected chi connectivity index (χ0v) is 36.8. The molecule has 0 saturated heterocycles. The van der Waals surface area contributed by atoms with Gasteiger partial charge in [-0.3, -0.25) is 0 Å². The highest BCUT2D eigenvalue weighted by Gasteiger charge is 2.38. The standard InChI is InChI=1S/C60H36F6N4/c61-59(62,63)41-29-31-42(49(35-41)60(64,65)66)39-28-32-56-48(33-39)46-22-10-14-26-55(46)70(56)57-34-40(58-67-50(37-15-3-1-4-16-37)36-51(68-58)38-17-5-2-6-18-38)27-30-47(57)45-21-9-13-25-54(45)69-52-23-11-7-19-43(52)44-20-8-12-24-53(44)69/h1-36H. The molecule has 12 aromatic rings. The second-order valence-electron chi connectivity index (χ2n) is 17.2. The van der Waals surface area contributed by atoms with E-state index in [0.29, 0.717) is 28.4 Å². The van der Waals surface area contributed by atoms with Gasteiger partial charge in [-0.05, 0) is 71.8 Å². The Morgan fingerprint density at radius 1 is 0.314 bits per heavy atom. The van der Waals surface area contributed by atoms with Gasteiger partial charge in [0.15, 0.2) is 5.82 Å². The molecule has 0 radical (unpaired) electrons. The fraction of sp³-hybridized carbons (Fsp3) is 0.0333. The molecule has 0 saturated carbocycles. The molecule has 0 amide bonds. The van der Waals surface area contributed by atoms with Crippen LogP contribution < -0.4 is 0 Å². The van der Waals surface area contributed by atoms with Crippen molar-refractivity contribution in [1.29, 1.82) is 0 Å². The molecular formula is C60H36F6N4. The van der Waals surface area contributed by atoms with E-state index in [1.165, 1.54) is 0 Å². The van der Waals surface area contributed by atoms with Gasteiger partial charge in [-0.15, -0.1) is 0 Å². The molecule has 0 unspecified atom stereocenters. The normalized spacial score (nSPS) is 12.1. The Hall–Kier alpha value is -8.76. The Balaban J connectivity index is 1.14. The molecule has 0 atom stereocenters. The van der Waals surface area contributed by atoms with Crippen LogP contribution in [0.25, 0.3) is 111 Å². The molecule has 10 heteroatoms. The van der Waals surface area contributed by atoms with Crippen LogP contribution in [0.3, 0.4) is 0 Å². The van der Waals surface area contributed by atoms with Gasteiger partial charge in [-0.2, -0.15) is 26.3 Å². The Labute approximate surface area is 397 Å². The summed E-state index contributed by atoms with van der Waals surface area (Å²) in [5.41, 5.74) is 7.95. The van der Waals surface area contributed by atoms with Crippen LogP contribution in [0, 0.1) is 0 Å². The van der Waals surface area contributed by atoms with Crippen molar-refractivity contribution >= 4 is 43.6 Å². The summed E-state index contributed by atoms with van der Waals surface area (Å²) in [7, 11) is 0. The Kier molecular flexibility index (Phi) is 10.0. The second kappa shape index (κ2) is 16.5. The molecule has 0 bridgehead atoms. The summed E-state index contributed by atoms with van der Waals surface area (Å²) >= 11 is 0. The number of rotatable bonds is 7. The predicted molar refractivity (Wildman–Crippen MR) is 268 cm³/mol. The zero-order valence-electron chi connectivity index (χ0n) is 36.8. The summed E-state index contributed by atoms with van der Waals surface area (Å²) < 4.78 is 89.7. The number of hydrogen-bond donors (Lipinski definition) is 0. The third-order valence-corrected chi connectivity index (χ3v) is 13.0. The summed E-state index contributed by atoms with van der Waals surface area (Å²) in [6, 6.07) is 67.2. The van der Waals surface area contributed by atoms with Crippen LogP contribution in [0.4, 0.5) is 26.3 Å². The molecule has 0 N–H and O–H groups in total. The van der Waals surface area contributed by atoms with Gasteiger partial charge in [0.25, 0.3) is 0 Å². The van der Waals surface area contributed by atoms with Crippen molar-refractivity contribution in [2.24, 2.45) is 0 Å². The van der Waals surface area contributed by atoms with Crippen LogP contribution in [0.2, 0.25) is 0 Å². The van der Waals surface area contributed by atoms with E-state index in [1.54, 1.807) is 18.2 Å². The molecule has 338 valence electrons. The number of nitrogens with zero attached hydrogens (tertiary/aromatic N) is 4. The third kappa shape index (κ3) is 7.27. The number of alkyl halides is 6. The smallest absolute Gasteiger partial charge is 0.309 e. The van der Waals surface area contributed by atoms with E-state index in [0.717, 1.165) is 83.8 Å². The number of para-hydroxylation sites is 4. The molecule has 3 aromatic heterocycles. The van der Waals surface area contributed by atoms with Gasteiger partial charge in [-0.1, -0.05) is 158 Å². The molecule has 9 aromatic carbocycles. The van der Waals surface area contributed by atoms with Crippen molar-refractivity contribution in [2.75, 3.05) is 0 Å². The van der Waals surface area contributed by atoms with E-state index < -0.39 is 23.5 Å². The number of aromatic nitrogens is 4. The molecule has 12 rings (SSSR count). The third-order valence-electron chi connectivity index (χ3n) is 13.0. The number of fused-ring (bicyclic) bond motifs is 6. The highest BCUT2D eigenvalue weighted by Crippen LogP contribution is 2.45. The molecule has 3 heterocycles. The molecule has 0 aliphatic heterocycles. The maximum absolute atomic E-state index is 14.6. The molecule has 70 heavy (non-hydrogen) atoms. The van der Waals surface area contributed by atoms with Crippen LogP contribution in [0.15, 0.2) is 218 Å². The minimum atomic E-state index is -5.06. The molecule has 4 nitrogen and oxygen atoms in total. The van der Waals surface area contributed by atoms with Crippen LogP contribution in [0.1, 0.15) is 11.1 Å². The van der Waals surface area contributed by atoms with Crippen molar-refractivity contribution in [3.8, 4) is 67.5 Å². The average Bonchev–Trinajstić information content (AvgIpc) is 3.91. The minimum Gasteiger partial charge on any atom is -0.309 e. The van der Waals surface area contributed by atoms with E-state index in [2.05, 4.69) is 57.7 Å². The summed E-state index contributed by atoms with van der Waals surface area (Å²) in [5.74, 6) is 0.480. The first-order chi connectivity index (χ1) is 34.0. The fourth-order valence-corrected chi connectivity index (χ4v) is 9.86. The Morgan fingerprint density at radius 2 is 0.786 bits per heavy atom. The summed E-state index contributed by atoms with van der Waals surface area (Å²) in [5, 5.41) is 3.56. The molecule has 0 aliphatic carbocycles. The predicted octanol–water partition coefficient (Wildman–Crippen LogP) is 17.0. The van der Waals surface area contributed by atoms with E-state index in [4.69, 9.17) is 9.97 Å². The number of hydrogen-bond acceptors (Lipinski definition) is 2. The lowest BCUT2D eigenvalue weighted by Crippen LogP contribution is -2.12. The highest BCUT2D eigenvalue weighted by atomic mass is 19.4. The van der Waals surface area contributed by atoms with Crippen molar-refractivity contribution in [3.63, 3.8) is 0 Å². The number of benzene rings is 9. The quantitative estimate of drug-likeness (QED) is 0.149. The monoisotopic (exact) mass is 926 g/mol. The molecule has 0 fully saturated rings. The zero-order chi connectivity index (χ0) is 47.7. The van der Waals surface area contributed by atoms with E-state index in [-0.39, 0.29) is 17.2 Å². The largest absolute Gasteiger partial charge is 0.417 e. The van der Waals surface area contributed by atoms with E-state index in [1.807, 2.05) is 133 Å². The average molecular weight is 927 g/mol. The summed E-state index contributed by atoms with van der Waals surface area (Å²) in [6.45, 7) is 0. The topological polar surface area (TPSA) is 35.6 Å². The molecule has 0 aliphatic rings. The summed E-state index contributed by atoms with van der Waals surface area (Å²) in [4.78, 5) is 10.4. The maximum Gasteiger partial charge on any atom is 0.417 e. The van der Waals surface area contributed by atoms with Gasteiger partial charge in [0.05, 0.1) is 56.0 Å². The van der Waals surface area contributed by atoms with Gasteiger partial charge < -0.3 is 9.13 Å². The van der Waals surface area contributed by atoms with Crippen LogP contribution in [-0.2, 0) is 12.4 Å². The van der Waals surface area contributed by atoms with Crippen LogP contribution >= 0.6 is 0 Å². The van der Waals surface area contributed by atoms with Gasteiger partial charge in [0.1, 0.15) is 0 Å². The fourth-order valence-electron chi connectivity index (χ4n) is 9.86. The number of halogens is 6. The first-order valence-electron chi connectivity index (χ1n) is 22.5. The Morgan fingerprint density at radius 3 is 1.37 bits per heavy atom. The van der Waals surface area contributed by atoms with Crippen LogP contribution in [-0.4, -0.2) is 19.1 Å². The van der Waals surface area contributed by atoms with Crippen molar-refractivity contribution in [1.82, 2.24) is 19.1 Å².